The first kappa shape index (κ1) is 19.3. The average Bonchev–Trinajstić information content (AvgIpc) is 2.46. The van der Waals surface area contributed by atoms with Crippen LogP contribution in [0.1, 0.15) is 46.2 Å². The van der Waals surface area contributed by atoms with Crippen LogP contribution in [0.5, 0.6) is 5.75 Å². The van der Waals surface area contributed by atoms with E-state index in [1.165, 1.54) is 5.56 Å². The van der Waals surface area contributed by atoms with Crippen molar-refractivity contribution in [2.24, 2.45) is 0 Å². The van der Waals surface area contributed by atoms with Crippen LogP contribution in [0.2, 0.25) is 0 Å². The van der Waals surface area contributed by atoms with Crippen molar-refractivity contribution in [1.29, 1.82) is 0 Å². The van der Waals surface area contributed by atoms with E-state index in [-0.39, 0.29) is 12.1 Å². The fourth-order valence-electron chi connectivity index (χ4n) is 2.02. The van der Waals surface area contributed by atoms with Crippen LogP contribution in [0.4, 0.5) is 4.79 Å². The quantitative estimate of drug-likeness (QED) is 0.833. The van der Waals surface area contributed by atoms with E-state index in [2.05, 4.69) is 24.4 Å². The first-order valence-electron chi connectivity index (χ1n) is 8.13. The van der Waals surface area contributed by atoms with E-state index >= 15 is 0 Å². The number of carbonyl (C=O) groups is 1. The third-order valence-corrected chi connectivity index (χ3v) is 3.29. The lowest BCUT2D eigenvalue weighted by atomic mass is 10.1. The molecular weight excluding hydrogens is 292 g/mol. The maximum absolute atomic E-state index is 11.9. The SMILES string of the molecule is CCOc1ccc(C(C)NCCN(C)C(=O)OC(C)(C)C)cc1. The zero-order chi connectivity index (χ0) is 17.5. The highest BCUT2D eigenvalue weighted by molar-refractivity contribution is 5.67. The van der Waals surface area contributed by atoms with Gasteiger partial charge in [0.1, 0.15) is 11.4 Å². The lowest BCUT2D eigenvalue weighted by Crippen LogP contribution is -2.38. The van der Waals surface area contributed by atoms with Gasteiger partial charge in [0.2, 0.25) is 0 Å². The van der Waals surface area contributed by atoms with Crippen LogP contribution in [0.3, 0.4) is 0 Å². The van der Waals surface area contributed by atoms with Gasteiger partial charge in [-0.25, -0.2) is 4.79 Å². The number of hydrogen-bond donors (Lipinski definition) is 1. The second kappa shape index (κ2) is 8.77. The third kappa shape index (κ3) is 7.37. The van der Waals surface area contributed by atoms with Crippen LogP contribution in [-0.2, 0) is 4.74 Å². The van der Waals surface area contributed by atoms with Gasteiger partial charge in [-0.15, -0.1) is 0 Å². The zero-order valence-electron chi connectivity index (χ0n) is 15.2. The largest absolute Gasteiger partial charge is 0.494 e. The van der Waals surface area contributed by atoms with E-state index in [0.29, 0.717) is 19.7 Å². The molecule has 5 heteroatoms. The van der Waals surface area contributed by atoms with Crippen molar-refractivity contribution in [2.45, 2.75) is 46.3 Å². The van der Waals surface area contributed by atoms with Crippen LogP contribution in [0, 0.1) is 0 Å². The molecule has 5 nitrogen and oxygen atoms in total. The van der Waals surface area contributed by atoms with E-state index in [1.807, 2.05) is 39.8 Å². The van der Waals surface area contributed by atoms with E-state index in [1.54, 1.807) is 11.9 Å². The number of amides is 1. The molecule has 0 radical (unpaired) electrons. The minimum Gasteiger partial charge on any atom is -0.494 e. The van der Waals surface area contributed by atoms with Crippen LogP contribution < -0.4 is 10.1 Å². The molecule has 1 aromatic carbocycles. The Hall–Kier alpha value is -1.75. The molecule has 0 spiro atoms. The van der Waals surface area contributed by atoms with E-state index < -0.39 is 5.60 Å². The van der Waals surface area contributed by atoms with Gasteiger partial charge < -0.3 is 19.7 Å². The van der Waals surface area contributed by atoms with E-state index in [4.69, 9.17) is 9.47 Å². The molecule has 0 fully saturated rings. The Balaban J connectivity index is 2.38. The fraction of sp³-hybridized carbons (Fsp3) is 0.611. The molecule has 130 valence electrons. The number of hydrogen-bond acceptors (Lipinski definition) is 4. The van der Waals surface area contributed by atoms with Crippen LogP contribution in [-0.4, -0.2) is 43.3 Å². The van der Waals surface area contributed by atoms with Crippen molar-refractivity contribution < 1.29 is 14.3 Å². The van der Waals surface area contributed by atoms with Crippen LogP contribution >= 0.6 is 0 Å². The highest BCUT2D eigenvalue weighted by atomic mass is 16.6. The Bertz CT molecular complexity index is 480. The first-order chi connectivity index (χ1) is 10.7. The Labute approximate surface area is 140 Å². The molecule has 0 aliphatic carbocycles. The maximum Gasteiger partial charge on any atom is 0.410 e. The van der Waals surface area contributed by atoms with Gasteiger partial charge >= 0.3 is 6.09 Å². The summed E-state index contributed by atoms with van der Waals surface area (Å²) in [6, 6.07) is 8.27. The highest BCUT2D eigenvalue weighted by Crippen LogP contribution is 2.17. The van der Waals surface area contributed by atoms with E-state index in [9.17, 15) is 4.79 Å². The molecule has 1 aromatic rings. The molecule has 0 saturated carbocycles. The molecule has 0 aliphatic rings. The number of rotatable bonds is 7. The van der Waals surface area contributed by atoms with Gasteiger partial charge in [-0.2, -0.15) is 0 Å². The second-order valence-electron chi connectivity index (χ2n) is 6.58. The van der Waals surface area contributed by atoms with Crippen molar-refractivity contribution in [3.63, 3.8) is 0 Å². The molecule has 0 saturated heterocycles. The summed E-state index contributed by atoms with van der Waals surface area (Å²) in [6.45, 7) is 11.6. The summed E-state index contributed by atoms with van der Waals surface area (Å²) in [5, 5.41) is 3.41. The summed E-state index contributed by atoms with van der Waals surface area (Å²) in [6.07, 6.45) is -0.298. The van der Waals surface area contributed by atoms with Gasteiger partial charge in [0.15, 0.2) is 0 Å². The monoisotopic (exact) mass is 322 g/mol. The summed E-state index contributed by atoms with van der Waals surface area (Å²) < 4.78 is 10.8. The van der Waals surface area contributed by atoms with Crippen molar-refractivity contribution in [2.75, 3.05) is 26.7 Å². The number of likely N-dealkylation sites (N-methyl/N-ethyl adjacent to an activating group) is 1. The van der Waals surface area contributed by atoms with Crippen molar-refractivity contribution in [3.8, 4) is 5.75 Å². The molecule has 0 bridgehead atoms. The number of benzene rings is 1. The lowest BCUT2D eigenvalue weighted by molar-refractivity contribution is 0.0299. The minimum absolute atomic E-state index is 0.206. The Morgan fingerprint density at radius 3 is 2.39 bits per heavy atom. The Morgan fingerprint density at radius 2 is 1.87 bits per heavy atom. The minimum atomic E-state index is -0.464. The smallest absolute Gasteiger partial charge is 0.410 e. The summed E-state index contributed by atoms with van der Waals surface area (Å²) in [5.41, 5.74) is 0.724. The molecule has 1 unspecified atom stereocenters. The molecule has 1 N–H and O–H groups in total. The van der Waals surface area contributed by atoms with Gasteiger partial charge in [-0.1, -0.05) is 12.1 Å². The van der Waals surface area contributed by atoms with E-state index in [0.717, 1.165) is 5.75 Å². The first-order valence-corrected chi connectivity index (χ1v) is 8.13. The number of nitrogens with zero attached hydrogens (tertiary/aromatic N) is 1. The summed E-state index contributed by atoms with van der Waals surface area (Å²) in [7, 11) is 1.75. The predicted octanol–water partition coefficient (Wildman–Crippen LogP) is 3.60. The number of carbonyl (C=O) groups excluding carboxylic acids is 1. The normalized spacial score (nSPS) is 12.6. The molecule has 1 rings (SSSR count). The maximum atomic E-state index is 11.9. The van der Waals surface area contributed by atoms with Crippen molar-refractivity contribution in [1.82, 2.24) is 10.2 Å². The Kier molecular flexibility index (Phi) is 7.36. The van der Waals surface area contributed by atoms with Gasteiger partial charge in [0.25, 0.3) is 0 Å². The predicted molar refractivity (Wildman–Crippen MR) is 92.9 cm³/mol. The summed E-state index contributed by atoms with van der Waals surface area (Å²) >= 11 is 0. The topological polar surface area (TPSA) is 50.8 Å². The molecule has 1 amide bonds. The van der Waals surface area contributed by atoms with Crippen LogP contribution in [0.15, 0.2) is 24.3 Å². The lowest BCUT2D eigenvalue weighted by Gasteiger charge is -2.25. The molecule has 1 atom stereocenters. The van der Waals surface area contributed by atoms with Gasteiger partial charge in [-0.05, 0) is 52.3 Å². The molecule has 0 aliphatic heterocycles. The molecule has 0 aromatic heterocycles. The summed E-state index contributed by atoms with van der Waals surface area (Å²) in [5.74, 6) is 0.883. The average molecular weight is 322 g/mol. The molecular formula is C18H30N2O3. The fourth-order valence-corrected chi connectivity index (χ4v) is 2.02. The van der Waals surface area contributed by atoms with Gasteiger partial charge in [0.05, 0.1) is 6.61 Å². The van der Waals surface area contributed by atoms with Gasteiger partial charge in [-0.3, -0.25) is 0 Å². The number of nitrogens with one attached hydrogen (secondary N) is 1. The molecule has 0 heterocycles. The standard InChI is InChI=1S/C18H30N2O3/c1-7-22-16-10-8-15(9-11-16)14(2)19-12-13-20(6)17(21)23-18(3,4)5/h8-11,14,19H,7,12-13H2,1-6H3. The Morgan fingerprint density at radius 1 is 1.26 bits per heavy atom. The zero-order valence-corrected chi connectivity index (χ0v) is 15.2. The molecule has 23 heavy (non-hydrogen) atoms. The van der Waals surface area contributed by atoms with Crippen LogP contribution in [0.25, 0.3) is 0 Å². The second-order valence-corrected chi connectivity index (χ2v) is 6.58. The number of ether oxygens (including phenoxy) is 2. The third-order valence-electron chi connectivity index (χ3n) is 3.29. The van der Waals surface area contributed by atoms with Crippen molar-refractivity contribution in [3.05, 3.63) is 29.8 Å². The van der Waals surface area contributed by atoms with Crippen molar-refractivity contribution >= 4 is 6.09 Å². The van der Waals surface area contributed by atoms with Gasteiger partial charge in [0, 0.05) is 26.2 Å². The highest BCUT2D eigenvalue weighted by Gasteiger charge is 2.19. The summed E-state index contributed by atoms with van der Waals surface area (Å²) in [4.78, 5) is 13.5.